The van der Waals surface area contributed by atoms with Gasteiger partial charge in [0.1, 0.15) is 10.6 Å². The molecule has 5 nitrogen and oxygen atoms in total. The summed E-state index contributed by atoms with van der Waals surface area (Å²) in [7, 11) is 1.63. The number of nitrogens with zero attached hydrogens (tertiary/aromatic N) is 2. The third kappa shape index (κ3) is 4.03. The van der Waals surface area contributed by atoms with Gasteiger partial charge in [-0.15, -0.1) is 11.3 Å². The summed E-state index contributed by atoms with van der Waals surface area (Å²) in [5.74, 6) is 2.17. The van der Waals surface area contributed by atoms with E-state index in [2.05, 4.69) is 27.7 Å². The summed E-state index contributed by atoms with van der Waals surface area (Å²) in [6.07, 6.45) is 1.78. The van der Waals surface area contributed by atoms with E-state index in [0.29, 0.717) is 24.7 Å². The van der Waals surface area contributed by atoms with Gasteiger partial charge in [-0.05, 0) is 43.9 Å². The van der Waals surface area contributed by atoms with Crippen LogP contribution in [0.1, 0.15) is 44.6 Å². The SMILES string of the molecule is COc1ccccc1-n1c(SCCC(C)C)nc2sc3c(c2c1=O)CC(C)(C)OC3. The van der Waals surface area contributed by atoms with E-state index in [-0.39, 0.29) is 11.2 Å². The lowest BCUT2D eigenvalue weighted by Gasteiger charge is -2.30. The summed E-state index contributed by atoms with van der Waals surface area (Å²) >= 11 is 3.22. The lowest BCUT2D eigenvalue weighted by molar-refractivity contribution is -0.0379. The molecule has 0 spiro atoms. The molecule has 3 aromatic rings. The van der Waals surface area contributed by atoms with E-state index in [1.165, 1.54) is 0 Å². The Morgan fingerprint density at radius 3 is 2.83 bits per heavy atom. The Labute approximate surface area is 185 Å². The Hall–Kier alpha value is -1.83. The van der Waals surface area contributed by atoms with E-state index in [4.69, 9.17) is 14.5 Å². The third-order valence-electron chi connectivity index (χ3n) is 5.33. The fourth-order valence-electron chi connectivity index (χ4n) is 3.68. The molecule has 0 unspecified atom stereocenters. The van der Waals surface area contributed by atoms with E-state index >= 15 is 0 Å². The van der Waals surface area contributed by atoms with Gasteiger partial charge in [0.15, 0.2) is 5.16 Å². The highest BCUT2D eigenvalue weighted by Crippen LogP contribution is 2.38. The van der Waals surface area contributed by atoms with Crippen LogP contribution in [0.3, 0.4) is 0 Å². The van der Waals surface area contributed by atoms with E-state index in [1.54, 1.807) is 34.8 Å². The van der Waals surface area contributed by atoms with E-state index in [1.807, 2.05) is 24.3 Å². The van der Waals surface area contributed by atoms with Gasteiger partial charge in [-0.2, -0.15) is 0 Å². The summed E-state index contributed by atoms with van der Waals surface area (Å²) < 4.78 is 13.3. The molecule has 160 valence electrons. The number of hydrogen-bond acceptors (Lipinski definition) is 6. The average molecular weight is 445 g/mol. The Bertz CT molecular complexity index is 1130. The summed E-state index contributed by atoms with van der Waals surface area (Å²) in [4.78, 5) is 20.8. The lowest BCUT2D eigenvalue weighted by atomic mass is 9.94. The smallest absolute Gasteiger partial charge is 0.267 e. The predicted octanol–water partition coefficient (Wildman–Crippen LogP) is 5.45. The van der Waals surface area contributed by atoms with Crippen LogP contribution in [0.15, 0.2) is 34.2 Å². The van der Waals surface area contributed by atoms with Crippen molar-refractivity contribution < 1.29 is 9.47 Å². The minimum absolute atomic E-state index is 0.0215. The molecule has 0 fully saturated rings. The molecule has 7 heteroatoms. The van der Waals surface area contributed by atoms with Crippen LogP contribution < -0.4 is 10.3 Å². The standard InChI is InChI=1S/C23H28N2O3S2/c1-14(2)10-11-29-22-24-20-19(15-12-23(3,4)28-13-18(15)30-20)21(26)25(22)16-8-6-7-9-17(16)27-5/h6-9,14H,10-13H2,1-5H3. The maximum atomic E-state index is 13.9. The Kier molecular flexibility index (Phi) is 5.97. The molecule has 0 radical (unpaired) electrons. The second-order valence-corrected chi connectivity index (χ2v) is 10.8. The minimum atomic E-state index is -0.284. The first kappa shape index (κ1) is 21.4. The number of para-hydroxylation sites is 2. The van der Waals surface area contributed by atoms with Crippen molar-refractivity contribution in [3.63, 3.8) is 0 Å². The summed E-state index contributed by atoms with van der Waals surface area (Å²) in [6.45, 7) is 9.09. The fraction of sp³-hybridized carbons (Fsp3) is 0.478. The van der Waals surface area contributed by atoms with Crippen LogP contribution in [0.25, 0.3) is 15.9 Å². The quantitative estimate of drug-likeness (QED) is 0.374. The molecule has 2 aromatic heterocycles. The summed E-state index contributed by atoms with van der Waals surface area (Å²) in [5.41, 5.74) is 1.52. The number of hydrogen-bond donors (Lipinski definition) is 0. The van der Waals surface area contributed by atoms with Gasteiger partial charge in [-0.3, -0.25) is 9.36 Å². The largest absolute Gasteiger partial charge is 0.495 e. The normalized spacial score (nSPS) is 15.5. The van der Waals surface area contributed by atoms with Crippen LogP contribution in [-0.2, 0) is 17.8 Å². The van der Waals surface area contributed by atoms with Crippen molar-refractivity contribution in [2.75, 3.05) is 12.9 Å². The molecule has 0 N–H and O–H groups in total. The van der Waals surface area contributed by atoms with Crippen LogP contribution in [0, 0.1) is 5.92 Å². The molecule has 0 bridgehead atoms. The van der Waals surface area contributed by atoms with Crippen molar-refractivity contribution in [3.8, 4) is 11.4 Å². The van der Waals surface area contributed by atoms with Crippen molar-refractivity contribution in [3.05, 3.63) is 45.1 Å². The van der Waals surface area contributed by atoms with Gasteiger partial charge in [0.25, 0.3) is 5.56 Å². The van der Waals surface area contributed by atoms with Crippen molar-refractivity contribution in [2.24, 2.45) is 5.92 Å². The third-order valence-corrected chi connectivity index (χ3v) is 7.40. The number of fused-ring (bicyclic) bond motifs is 3. The maximum Gasteiger partial charge on any atom is 0.267 e. The predicted molar refractivity (Wildman–Crippen MR) is 125 cm³/mol. The van der Waals surface area contributed by atoms with Crippen LogP contribution in [0.2, 0.25) is 0 Å². The Morgan fingerprint density at radius 2 is 2.10 bits per heavy atom. The molecule has 0 saturated carbocycles. The summed E-state index contributed by atoms with van der Waals surface area (Å²) in [6, 6.07) is 7.65. The van der Waals surface area contributed by atoms with Crippen molar-refractivity contribution in [2.45, 2.75) is 57.9 Å². The molecule has 0 amide bonds. The monoisotopic (exact) mass is 444 g/mol. The Morgan fingerprint density at radius 1 is 1.33 bits per heavy atom. The number of ether oxygens (including phenoxy) is 2. The van der Waals surface area contributed by atoms with Gasteiger partial charge in [0.05, 0.1) is 30.4 Å². The molecule has 4 rings (SSSR count). The van der Waals surface area contributed by atoms with E-state index in [9.17, 15) is 4.79 Å². The number of thioether (sulfide) groups is 1. The van der Waals surface area contributed by atoms with E-state index in [0.717, 1.165) is 43.7 Å². The number of methoxy groups -OCH3 is 1. The molecule has 0 aliphatic carbocycles. The fourth-order valence-corrected chi connectivity index (χ4v) is 6.07. The van der Waals surface area contributed by atoms with Crippen LogP contribution in [0.5, 0.6) is 5.75 Å². The number of benzene rings is 1. The Balaban J connectivity index is 1.94. The first-order chi connectivity index (χ1) is 14.3. The molecule has 1 aliphatic rings. The zero-order chi connectivity index (χ0) is 21.5. The van der Waals surface area contributed by atoms with Crippen molar-refractivity contribution in [1.29, 1.82) is 0 Å². The average Bonchev–Trinajstić information content (AvgIpc) is 3.04. The minimum Gasteiger partial charge on any atom is -0.495 e. The number of aromatic nitrogens is 2. The second kappa shape index (κ2) is 8.36. The molecule has 3 heterocycles. The number of thiophene rings is 1. The molecule has 0 atom stereocenters. The number of rotatable bonds is 6. The molecule has 1 aromatic carbocycles. The highest BCUT2D eigenvalue weighted by molar-refractivity contribution is 7.99. The lowest BCUT2D eigenvalue weighted by Crippen LogP contribution is -2.32. The highest BCUT2D eigenvalue weighted by atomic mass is 32.2. The van der Waals surface area contributed by atoms with Crippen molar-refractivity contribution >= 4 is 33.3 Å². The highest BCUT2D eigenvalue weighted by Gasteiger charge is 2.31. The zero-order valence-electron chi connectivity index (χ0n) is 18.2. The van der Waals surface area contributed by atoms with E-state index < -0.39 is 0 Å². The van der Waals surface area contributed by atoms with Crippen LogP contribution in [-0.4, -0.2) is 28.0 Å². The first-order valence-corrected chi connectivity index (χ1v) is 12.1. The second-order valence-electron chi connectivity index (χ2n) is 8.65. The molecule has 30 heavy (non-hydrogen) atoms. The topological polar surface area (TPSA) is 53.4 Å². The first-order valence-electron chi connectivity index (χ1n) is 10.3. The van der Waals surface area contributed by atoms with Gasteiger partial charge < -0.3 is 9.47 Å². The van der Waals surface area contributed by atoms with Gasteiger partial charge in [0.2, 0.25) is 0 Å². The molecule has 0 saturated heterocycles. The van der Waals surface area contributed by atoms with Gasteiger partial charge in [0, 0.05) is 17.1 Å². The van der Waals surface area contributed by atoms with Gasteiger partial charge in [-0.25, -0.2) is 4.98 Å². The zero-order valence-corrected chi connectivity index (χ0v) is 19.8. The van der Waals surface area contributed by atoms with Gasteiger partial charge in [-0.1, -0.05) is 37.7 Å². The maximum absolute atomic E-state index is 13.9. The molecule has 1 aliphatic heterocycles. The summed E-state index contributed by atoms with van der Waals surface area (Å²) in [5, 5.41) is 1.45. The van der Waals surface area contributed by atoms with Crippen LogP contribution in [0.4, 0.5) is 0 Å². The van der Waals surface area contributed by atoms with Crippen molar-refractivity contribution in [1.82, 2.24) is 9.55 Å². The van der Waals surface area contributed by atoms with Gasteiger partial charge >= 0.3 is 0 Å². The van der Waals surface area contributed by atoms with Crippen LogP contribution >= 0.6 is 23.1 Å². The molecular formula is C23H28N2O3S2. The molecular weight excluding hydrogens is 416 g/mol.